The van der Waals surface area contributed by atoms with Crippen LogP contribution in [-0.2, 0) is 9.53 Å². The summed E-state index contributed by atoms with van der Waals surface area (Å²) in [5.41, 5.74) is -0.303. The zero-order valence-corrected chi connectivity index (χ0v) is 16.5. The van der Waals surface area contributed by atoms with Gasteiger partial charge in [0.15, 0.2) is 11.4 Å². The largest absolute Gasteiger partial charge is 0.475 e. The Balaban J connectivity index is 2.20. The molecule has 0 saturated heterocycles. The third kappa shape index (κ3) is 4.99. The number of ketones is 1. The molecule has 0 radical (unpaired) electrons. The standard InChI is InChI=1S/C20H20Cl2O4/c1-12(2)25-19(24)20(3,4)26-17-10-7-14(11-16(17)22)18(23)13-5-8-15(21)9-6-13/h5-12H,1-4H3. The van der Waals surface area contributed by atoms with Crippen molar-refractivity contribution in [2.24, 2.45) is 0 Å². The number of rotatable bonds is 6. The SMILES string of the molecule is CC(C)OC(=O)C(C)(C)Oc1ccc(C(=O)c2ccc(Cl)cc2)cc1Cl. The van der Waals surface area contributed by atoms with Crippen molar-refractivity contribution in [1.82, 2.24) is 0 Å². The Hall–Kier alpha value is -2.04. The van der Waals surface area contributed by atoms with E-state index in [-0.39, 0.29) is 16.9 Å². The van der Waals surface area contributed by atoms with E-state index in [4.69, 9.17) is 32.7 Å². The zero-order valence-electron chi connectivity index (χ0n) is 15.0. The van der Waals surface area contributed by atoms with E-state index in [0.29, 0.717) is 21.9 Å². The lowest BCUT2D eigenvalue weighted by atomic mass is 10.0. The first kappa shape index (κ1) is 20.3. The topological polar surface area (TPSA) is 52.6 Å². The summed E-state index contributed by atoms with van der Waals surface area (Å²) in [5, 5.41) is 0.786. The van der Waals surface area contributed by atoms with Crippen LogP contribution in [0.5, 0.6) is 5.75 Å². The van der Waals surface area contributed by atoms with Crippen molar-refractivity contribution in [3.63, 3.8) is 0 Å². The number of halogens is 2. The van der Waals surface area contributed by atoms with Crippen LogP contribution in [0.4, 0.5) is 0 Å². The van der Waals surface area contributed by atoms with Crippen molar-refractivity contribution in [3.05, 3.63) is 63.6 Å². The molecule has 2 aromatic rings. The van der Waals surface area contributed by atoms with E-state index < -0.39 is 11.6 Å². The van der Waals surface area contributed by atoms with Crippen LogP contribution in [0.15, 0.2) is 42.5 Å². The van der Waals surface area contributed by atoms with Gasteiger partial charge in [-0.2, -0.15) is 0 Å². The summed E-state index contributed by atoms with van der Waals surface area (Å²) in [4.78, 5) is 24.6. The second-order valence-corrected chi connectivity index (χ2v) is 7.39. The molecule has 4 nitrogen and oxygen atoms in total. The first-order valence-electron chi connectivity index (χ1n) is 8.10. The zero-order chi connectivity index (χ0) is 19.5. The van der Waals surface area contributed by atoms with Crippen molar-refractivity contribution >= 4 is 35.0 Å². The van der Waals surface area contributed by atoms with Crippen molar-refractivity contribution in [2.45, 2.75) is 39.4 Å². The normalized spacial score (nSPS) is 11.3. The van der Waals surface area contributed by atoms with Gasteiger partial charge in [-0.1, -0.05) is 23.2 Å². The molecule has 0 amide bonds. The Morgan fingerprint density at radius 3 is 2.08 bits per heavy atom. The van der Waals surface area contributed by atoms with E-state index in [2.05, 4.69) is 0 Å². The van der Waals surface area contributed by atoms with Crippen LogP contribution in [0.2, 0.25) is 10.0 Å². The second kappa shape index (κ2) is 8.11. The molecule has 0 atom stereocenters. The molecule has 0 aliphatic heterocycles. The first-order valence-corrected chi connectivity index (χ1v) is 8.85. The van der Waals surface area contributed by atoms with Crippen LogP contribution >= 0.6 is 23.2 Å². The molecule has 0 aliphatic rings. The summed E-state index contributed by atoms with van der Waals surface area (Å²) >= 11 is 12.1. The van der Waals surface area contributed by atoms with Gasteiger partial charge in [0.05, 0.1) is 11.1 Å². The Bertz CT molecular complexity index is 811. The molecule has 0 aromatic heterocycles. The number of carbonyl (C=O) groups excluding carboxylic acids is 2. The average molecular weight is 395 g/mol. The number of benzene rings is 2. The maximum atomic E-state index is 12.5. The molecule has 2 aromatic carbocycles. The third-order valence-corrected chi connectivity index (χ3v) is 4.05. The lowest BCUT2D eigenvalue weighted by molar-refractivity contribution is -0.163. The molecule has 0 heterocycles. The van der Waals surface area contributed by atoms with Gasteiger partial charge in [-0.15, -0.1) is 0 Å². The van der Waals surface area contributed by atoms with Gasteiger partial charge in [-0.3, -0.25) is 4.79 Å². The summed E-state index contributed by atoms with van der Waals surface area (Å²) in [6.07, 6.45) is -0.250. The molecule has 0 fully saturated rings. The molecule has 0 spiro atoms. The van der Waals surface area contributed by atoms with Gasteiger partial charge < -0.3 is 9.47 Å². The summed E-state index contributed by atoms with van der Waals surface area (Å²) in [7, 11) is 0. The molecule has 0 aliphatic carbocycles. The van der Waals surface area contributed by atoms with E-state index in [1.807, 2.05) is 0 Å². The van der Waals surface area contributed by atoms with Gasteiger partial charge >= 0.3 is 5.97 Å². The Morgan fingerprint density at radius 1 is 0.962 bits per heavy atom. The average Bonchev–Trinajstić information content (AvgIpc) is 2.56. The molecule has 0 N–H and O–H groups in total. The minimum absolute atomic E-state index is 0.186. The molecule has 138 valence electrons. The van der Waals surface area contributed by atoms with Crippen LogP contribution in [0.25, 0.3) is 0 Å². The fourth-order valence-corrected chi connectivity index (χ4v) is 2.51. The van der Waals surface area contributed by atoms with Crippen LogP contribution in [0.3, 0.4) is 0 Å². The minimum Gasteiger partial charge on any atom is -0.475 e. The first-order chi connectivity index (χ1) is 12.1. The fraction of sp³-hybridized carbons (Fsp3) is 0.300. The molecule has 0 saturated carbocycles. The van der Waals surface area contributed by atoms with Crippen LogP contribution in [0, 0.1) is 0 Å². The monoisotopic (exact) mass is 394 g/mol. The highest BCUT2D eigenvalue weighted by atomic mass is 35.5. The van der Waals surface area contributed by atoms with Crippen molar-refractivity contribution in [1.29, 1.82) is 0 Å². The maximum Gasteiger partial charge on any atom is 0.350 e. The molecule has 2 rings (SSSR count). The van der Waals surface area contributed by atoms with Gasteiger partial charge in [0.2, 0.25) is 0 Å². The molecule has 0 unspecified atom stereocenters. The summed E-state index contributed by atoms with van der Waals surface area (Å²) in [6.45, 7) is 6.72. The summed E-state index contributed by atoms with van der Waals surface area (Å²) in [5.74, 6) is -0.386. The van der Waals surface area contributed by atoms with E-state index in [0.717, 1.165) is 0 Å². The van der Waals surface area contributed by atoms with Crippen LogP contribution in [0.1, 0.15) is 43.6 Å². The van der Waals surface area contributed by atoms with Gasteiger partial charge in [0.1, 0.15) is 5.75 Å². The number of carbonyl (C=O) groups is 2. The van der Waals surface area contributed by atoms with Crippen LogP contribution in [-0.4, -0.2) is 23.5 Å². The van der Waals surface area contributed by atoms with Gasteiger partial charge in [0, 0.05) is 16.1 Å². The van der Waals surface area contributed by atoms with E-state index in [9.17, 15) is 9.59 Å². The lowest BCUT2D eigenvalue weighted by Crippen LogP contribution is -2.40. The van der Waals surface area contributed by atoms with E-state index >= 15 is 0 Å². The quantitative estimate of drug-likeness (QED) is 0.490. The molecular weight excluding hydrogens is 375 g/mol. The lowest BCUT2D eigenvalue weighted by Gasteiger charge is -2.26. The number of hydrogen-bond donors (Lipinski definition) is 0. The highest BCUT2D eigenvalue weighted by molar-refractivity contribution is 6.32. The smallest absolute Gasteiger partial charge is 0.350 e. The van der Waals surface area contributed by atoms with E-state index in [1.165, 1.54) is 6.07 Å². The third-order valence-electron chi connectivity index (χ3n) is 3.50. The van der Waals surface area contributed by atoms with Gasteiger partial charge in [-0.05, 0) is 70.2 Å². The number of ether oxygens (including phenoxy) is 2. The van der Waals surface area contributed by atoms with Crippen LogP contribution < -0.4 is 4.74 Å². The van der Waals surface area contributed by atoms with Gasteiger partial charge in [-0.25, -0.2) is 4.79 Å². The Labute approximate surface area is 163 Å². The maximum absolute atomic E-state index is 12.5. The fourth-order valence-electron chi connectivity index (χ4n) is 2.17. The predicted octanol–water partition coefficient (Wildman–Crippen LogP) is 5.33. The molecule has 6 heteroatoms. The van der Waals surface area contributed by atoms with Crippen molar-refractivity contribution in [3.8, 4) is 5.75 Å². The number of esters is 1. The predicted molar refractivity (Wildman–Crippen MR) is 102 cm³/mol. The second-order valence-electron chi connectivity index (χ2n) is 6.55. The molecule has 0 bridgehead atoms. The summed E-state index contributed by atoms with van der Waals surface area (Å²) in [6, 6.07) is 11.3. The number of hydrogen-bond acceptors (Lipinski definition) is 4. The van der Waals surface area contributed by atoms with E-state index in [1.54, 1.807) is 64.1 Å². The Morgan fingerprint density at radius 2 is 1.54 bits per heavy atom. The van der Waals surface area contributed by atoms with Gasteiger partial charge in [0.25, 0.3) is 0 Å². The van der Waals surface area contributed by atoms with Crippen molar-refractivity contribution in [2.75, 3.05) is 0 Å². The molecule has 26 heavy (non-hydrogen) atoms. The summed E-state index contributed by atoms with van der Waals surface area (Å²) < 4.78 is 10.9. The minimum atomic E-state index is -1.21. The highest BCUT2D eigenvalue weighted by Crippen LogP contribution is 2.30. The van der Waals surface area contributed by atoms with Crippen molar-refractivity contribution < 1.29 is 19.1 Å². The highest BCUT2D eigenvalue weighted by Gasteiger charge is 2.33. The molecular formula is C20H20Cl2O4. The Kier molecular flexibility index (Phi) is 6.32.